The maximum absolute atomic E-state index is 12.2. The van der Waals surface area contributed by atoms with Crippen molar-refractivity contribution in [3.8, 4) is 11.8 Å². The quantitative estimate of drug-likeness (QED) is 0.760. The first kappa shape index (κ1) is 16.1. The highest BCUT2D eigenvalue weighted by atomic mass is 32.2. The summed E-state index contributed by atoms with van der Waals surface area (Å²) < 4.78 is 22.2. The van der Waals surface area contributed by atoms with Crippen LogP contribution in [0.5, 0.6) is 0 Å². The number of hydrogen-bond donors (Lipinski definition) is 1. The van der Waals surface area contributed by atoms with Gasteiger partial charge >= 0.3 is 0 Å². The lowest BCUT2D eigenvalue weighted by Gasteiger charge is -2.17. The fourth-order valence-electron chi connectivity index (χ4n) is 1.43. The molecular weight excluding hydrogens is 280 g/mol. The third-order valence-electron chi connectivity index (χ3n) is 2.50. The van der Waals surface area contributed by atoms with Crippen LogP contribution in [0.3, 0.4) is 0 Å². The molecule has 108 valence electrons. The standard InChI is InChI=1S/C13H16N2O4S/c1-15(7-9-20(2,18)19)13(17)12-5-6-14-10-11(12)4-3-8-16/h5-6,10,16H,7-9H2,1-2H3. The SMILES string of the molecule is CN(CCS(C)(=O)=O)C(=O)c1ccncc1C#CCO. The third kappa shape index (κ3) is 4.99. The summed E-state index contributed by atoms with van der Waals surface area (Å²) in [5.41, 5.74) is 0.731. The molecule has 7 heteroatoms. The van der Waals surface area contributed by atoms with E-state index in [1.54, 1.807) is 0 Å². The lowest BCUT2D eigenvalue weighted by molar-refractivity contribution is 0.0803. The van der Waals surface area contributed by atoms with Gasteiger partial charge in [-0.25, -0.2) is 8.42 Å². The van der Waals surface area contributed by atoms with E-state index in [1.807, 2.05) is 0 Å². The number of amides is 1. The van der Waals surface area contributed by atoms with Gasteiger partial charge < -0.3 is 10.0 Å². The Hall–Kier alpha value is -1.91. The smallest absolute Gasteiger partial charge is 0.255 e. The second-order valence-corrected chi connectivity index (χ2v) is 6.50. The lowest BCUT2D eigenvalue weighted by atomic mass is 10.1. The van der Waals surface area contributed by atoms with E-state index in [-0.39, 0.29) is 24.8 Å². The molecule has 1 N–H and O–H groups in total. The first-order valence-electron chi connectivity index (χ1n) is 5.82. The molecule has 0 spiro atoms. The first-order chi connectivity index (χ1) is 9.35. The van der Waals surface area contributed by atoms with Crippen molar-refractivity contribution in [3.05, 3.63) is 29.6 Å². The summed E-state index contributed by atoms with van der Waals surface area (Å²) >= 11 is 0. The van der Waals surface area contributed by atoms with E-state index in [2.05, 4.69) is 16.8 Å². The van der Waals surface area contributed by atoms with Crippen molar-refractivity contribution in [2.45, 2.75) is 0 Å². The Bertz CT molecular complexity index is 644. The number of nitrogens with zero attached hydrogens (tertiary/aromatic N) is 2. The summed E-state index contributed by atoms with van der Waals surface area (Å²) in [5.74, 6) is 4.66. The van der Waals surface area contributed by atoms with Crippen LogP contribution in [0, 0.1) is 11.8 Å². The number of aliphatic hydroxyl groups excluding tert-OH is 1. The van der Waals surface area contributed by atoms with Crippen LogP contribution in [0.25, 0.3) is 0 Å². The van der Waals surface area contributed by atoms with Crippen molar-refractivity contribution in [1.29, 1.82) is 0 Å². The van der Waals surface area contributed by atoms with Gasteiger partial charge in [0, 0.05) is 32.2 Å². The fourth-order valence-corrected chi connectivity index (χ4v) is 2.03. The topological polar surface area (TPSA) is 87.6 Å². The average Bonchev–Trinajstić information content (AvgIpc) is 2.41. The van der Waals surface area contributed by atoms with Crippen LogP contribution in [0.4, 0.5) is 0 Å². The number of rotatable bonds is 4. The lowest BCUT2D eigenvalue weighted by Crippen LogP contribution is -2.31. The van der Waals surface area contributed by atoms with Gasteiger partial charge in [-0.15, -0.1) is 0 Å². The molecule has 6 nitrogen and oxygen atoms in total. The van der Waals surface area contributed by atoms with Crippen LogP contribution >= 0.6 is 0 Å². The van der Waals surface area contributed by atoms with Crippen molar-refractivity contribution in [3.63, 3.8) is 0 Å². The van der Waals surface area contributed by atoms with Gasteiger partial charge in [0.15, 0.2) is 0 Å². The summed E-state index contributed by atoms with van der Waals surface area (Å²) in [6.45, 7) is -0.209. The van der Waals surface area contributed by atoms with E-state index in [4.69, 9.17) is 5.11 Å². The van der Waals surface area contributed by atoms with E-state index in [1.165, 1.54) is 30.4 Å². The monoisotopic (exact) mass is 296 g/mol. The molecule has 1 aromatic rings. The van der Waals surface area contributed by atoms with Gasteiger partial charge in [-0.05, 0) is 6.07 Å². The minimum absolute atomic E-state index is 0.0992. The largest absolute Gasteiger partial charge is 0.384 e. The van der Waals surface area contributed by atoms with Gasteiger partial charge in [0.2, 0.25) is 0 Å². The van der Waals surface area contributed by atoms with Crippen molar-refractivity contribution < 1.29 is 18.3 Å². The average molecular weight is 296 g/mol. The Morgan fingerprint density at radius 2 is 2.20 bits per heavy atom. The molecule has 0 saturated carbocycles. The zero-order valence-corrected chi connectivity index (χ0v) is 12.1. The predicted molar refractivity (Wildman–Crippen MR) is 74.9 cm³/mol. The summed E-state index contributed by atoms with van der Waals surface area (Å²) in [4.78, 5) is 17.4. The van der Waals surface area contributed by atoms with Gasteiger partial charge in [-0.2, -0.15) is 0 Å². The molecule has 0 saturated heterocycles. The molecule has 20 heavy (non-hydrogen) atoms. The summed E-state index contributed by atoms with van der Waals surface area (Å²) in [6.07, 6.45) is 4.01. The second-order valence-electron chi connectivity index (χ2n) is 4.24. The van der Waals surface area contributed by atoms with Gasteiger partial charge in [0.05, 0.1) is 16.9 Å². The van der Waals surface area contributed by atoms with Crippen LogP contribution in [0.1, 0.15) is 15.9 Å². The van der Waals surface area contributed by atoms with Gasteiger partial charge in [0.1, 0.15) is 16.4 Å². The highest BCUT2D eigenvalue weighted by Gasteiger charge is 2.16. The Kier molecular flexibility index (Phi) is 5.67. The summed E-state index contributed by atoms with van der Waals surface area (Å²) in [6, 6.07) is 1.51. The fraction of sp³-hybridized carbons (Fsp3) is 0.385. The molecule has 0 aliphatic heterocycles. The number of carbonyl (C=O) groups is 1. The van der Waals surface area contributed by atoms with E-state index in [0.717, 1.165) is 6.26 Å². The number of carbonyl (C=O) groups excluding carboxylic acids is 1. The summed E-state index contributed by atoms with van der Waals surface area (Å²) in [7, 11) is -1.60. The van der Waals surface area contributed by atoms with Gasteiger partial charge in [-0.1, -0.05) is 11.8 Å². The Labute approximate surface area is 118 Å². The van der Waals surface area contributed by atoms with Crippen LogP contribution in [0.2, 0.25) is 0 Å². The zero-order valence-electron chi connectivity index (χ0n) is 11.3. The predicted octanol–water partition coefficient (Wildman–Crippen LogP) is -0.458. The number of sulfone groups is 1. The molecule has 1 heterocycles. The minimum Gasteiger partial charge on any atom is -0.384 e. The molecule has 1 aromatic heterocycles. The van der Waals surface area contributed by atoms with Crippen LogP contribution in [-0.4, -0.2) is 61.5 Å². The van der Waals surface area contributed by atoms with Crippen molar-refractivity contribution >= 4 is 15.7 Å². The molecule has 0 fully saturated rings. The molecule has 0 unspecified atom stereocenters. The van der Waals surface area contributed by atoms with E-state index in [9.17, 15) is 13.2 Å². The highest BCUT2D eigenvalue weighted by Crippen LogP contribution is 2.08. The number of aliphatic hydroxyl groups is 1. The third-order valence-corrected chi connectivity index (χ3v) is 3.42. The van der Waals surface area contributed by atoms with Gasteiger partial charge in [-0.3, -0.25) is 9.78 Å². The number of aromatic nitrogens is 1. The summed E-state index contributed by atoms with van der Waals surface area (Å²) in [5, 5.41) is 8.68. The molecular formula is C13H16N2O4S. The second kappa shape index (κ2) is 7.03. The Morgan fingerprint density at radius 1 is 1.50 bits per heavy atom. The van der Waals surface area contributed by atoms with E-state index < -0.39 is 9.84 Å². The molecule has 0 aliphatic rings. The van der Waals surface area contributed by atoms with Crippen LogP contribution in [0.15, 0.2) is 18.5 Å². The molecule has 0 radical (unpaired) electrons. The Balaban J connectivity index is 2.92. The maximum atomic E-state index is 12.2. The number of hydrogen-bond acceptors (Lipinski definition) is 5. The minimum atomic E-state index is -3.13. The molecule has 1 rings (SSSR count). The molecule has 1 amide bonds. The normalized spacial score (nSPS) is 10.6. The van der Waals surface area contributed by atoms with Crippen molar-refractivity contribution in [1.82, 2.24) is 9.88 Å². The van der Waals surface area contributed by atoms with Crippen LogP contribution < -0.4 is 0 Å². The van der Waals surface area contributed by atoms with Crippen molar-refractivity contribution in [2.24, 2.45) is 0 Å². The molecule has 0 aromatic carbocycles. The maximum Gasteiger partial charge on any atom is 0.255 e. The van der Waals surface area contributed by atoms with Crippen LogP contribution in [-0.2, 0) is 9.84 Å². The molecule has 0 atom stereocenters. The first-order valence-corrected chi connectivity index (χ1v) is 7.88. The Morgan fingerprint density at radius 3 is 2.80 bits per heavy atom. The highest BCUT2D eigenvalue weighted by molar-refractivity contribution is 7.90. The van der Waals surface area contributed by atoms with Gasteiger partial charge in [0.25, 0.3) is 5.91 Å². The zero-order chi connectivity index (χ0) is 15.2. The molecule has 0 bridgehead atoms. The molecule has 0 aliphatic carbocycles. The van der Waals surface area contributed by atoms with E-state index >= 15 is 0 Å². The van der Waals surface area contributed by atoms with Crippen molar-refractivity contribution in [2.75, 3.05) is 32.2 Å². The number of pyridine rings is 1. The van der Waals surface area contributed by atoms with E-state index in [0.29, 0.717) is 11.1 Å².